The molecule has 1 aliphatic heterocycles. The van der Waals surface area contributed by atoms with Crippen LogP contribution in [0.15, 0.2) is 40.9 Å². The van der Waals surface area contributed by atoms with E-state index in [1.807, 2.05) is 36.4 Å². The van der Waals surface area contributed by atoms with Gasteiger partial charge in [0, 0.05) is 24.1 Å². The molecule has 1 aromatic heterocycles. The summed E-state index contributed by atoms with van der Waals surface area (Å²) in [6.07, 6.45) is 6.11. The highest BCUT2D eigenvalue weighted by atomic mass is 16.5. The molecule has 2 N–H and O–H groups in total. The minimum Gasteiger partial charge on any atom is -0.361 e. The number of amides is 1. The van der Waals surface area contributed by atoms with E-state index >= 15 is 0 Å². The number of fused-ring (bicyclic) bond motifs is 1. The molecule has 1 saturated heterocycles. The molecule has 4 rings (SSSR count). The van der Waals surface area contributed by atoms with E-state index in [4.69, 9.17) is 4.52 Å². The van der Waals surface area contributed by atoms with Crippen LogP contribution in [0.25, 0.3) is 11.3 Å². The number of carbonyl (C=O) groups is 1. The van der Waals surface area contributed by atoms with E-state index in [0.29, 0.717) is 6.04 Å². The second-order valence-electron chi connectivity index (χ2n) is 6.81. The maximum Gasteiger partial charge on any atom is 0.225 e. The average Bonchev–Trinajstić information content (AvgIpc) is 3.10. The van der Waals surface area contributed by atoms with Gasteiger partial charge < -0.3 is 9.84 Å². The Labute approximate surface area is 141 Å². The Morgan fingerprint density at radius 3 is 2.88 bits per heavy atom. The van der Waals surface area contributed by atoms with Gasteiger partial charge in [-0.3, -0.25) is 10.1 Å². The monoisotopic (exact) mass is 325 g/mol. The van der Waals surface area contributed by atoms with Crippen molar-refractivity contribution in [1.29, 1.82) is 0 Å². The van der Waals surface area contributed by atoms with E-state index in [-0.39, 0.29) is 18.0 Å². The first kappa shape index (κ1) is 15.4. The van der Waals surface area contributed by atoms with Gasteiger partial charge in [0.05, 0.1) is 12.1 Å². The first-order chi connectivity index (χ1) is 11.8. The Morgan fingerprint density at radius 2 is 2.00 bits per heavy atom. The summed E-state index contributed by atoms with van der Waals surface area (Å²) in [5.41, 5.74) is 1.92. The molecule has 2 aliphatic rings. The van der Waals surface area contributed by atoms with Crippen molar-refractivity contribution < 1.29 is 9.32 Å². The third-order valence-corrected chi connectivity index (χ3v) is 5.14. The fraction of sp³-hybridized carbons (Fsp3) is 0.474. The SMILES string of the molecule is O=C1NC(CCc2cc(-c3ccccc3)no2)NC2CCCCC12. The fourth-order valence-corrected chi connectivity index (χ4v) is 3.84. The summed E-state index contributed by atoms with van der Waals surface area (Å²) in [6.45, 7) is 0. The Kier molecular flexibility index (Phi) is 4.34. The van der Waals surface area contributed by atoms with E-state index in [1.165, 1.54) is 12.8 Å². The lowest BCUT2D eigenvalue weighted by atomic mass is 9.82. The van der Waals surface area contributed by atoms with Gasteiger partial charge in [-0.2, -0.15) is 0 Å². The van der Waals surface area contributed by atoms with Crippen LogP contribution >= 0.6 is 0 Å². The van der Waals surface area contributed by atoms with Gasteiger partial charge in [0.1, 0.15) is 11.5 Å². The smallest absolute Gasteiger partial charge is 0.225 e. The topological polar surface area (TPSA) is 67.2 Å². The minimum absolute atomic E-state index is 0.0297. The van der Waals surface area contributed by atoms with Crippen LogP contribution in [0.4, 0.5) is 0 Å². The van der Waals surface area contributed by atoms with Gasteiger partial charge in [0.25, 0.3) is 0 Å². The quantitative estimate of drug-likeness (QED) is 0.907. The lowest BCUT2D eigenvalue weighted by Crippen LogP contribution is -2.62. The normalized spacial score (nSPS) is 26.7. The van der Waals surface area contributed by atoms with Crippen molar-refractivity contribution in [2.75, 3.05) is 0 Å². The second-order valence-corrected chi connectivity index (χ2v) is 6.81. The maximum atomic E-state index is 12.3. The molecule has 3 atom stereocenters. The number of hydrogen-bond acceptors (Lipinski definition) is 4. The molecule has 24 heavy (non-hydrogen) atoms. The molecule has 1 aromatic carbocycles. The number of nitrogens with zero attached hydrogens (tertiary/aromatic N) is 1. The standard InChI is InChI=1S/C19H23N3O2/c23-19-15-8-4-5-9-16(15)20-18(21-19)11-10-14-12-17(22-24-14)13-6-2-1-3-7-13/h1-3,6-7,12,15-16,18,20H,4-5,8-11H2,(H,21,23). The molecule has 0 spiro atoms. The Bertz CT molecular complexity index is 698. The lowest BCUT2D eigenvalue weighted by Gasteiger charge is -2.40. The molecule has 2 aromatic rings. The highest BCUT2D eigenvalue weighted by Gasteiger charge is 2.37. The number of aromatic nitrogens is 1. The van der Waals surface area contributed by atoms with Crippen LogP contribution in [0.1, 0.15) is 37.9 Å². The summed E-state index contributed by atoms with van der Waals surface area (Å²) in [4.78, 5) is 12.3. The van der Waals surface area contributed by atoms with Gasteiger partial charge in [-0.05, 0) is 19.3 Å². The molecule has 1 amide bonds. The lowest BCUT2D eigenvalue weighted by molar-refractivity contribution is -0.130. The van der Waals surface area contributed by atoms with Gasteiger partial charge in [0.2, 0.25) is 5.91 Å². The first-order valence-electron chi connectivity index (χ1n) is 8.87. The maximum absolute atomic E-state index is 12.3. The molecule has 5 nitrogen and oxygen atoms in total. The van der Waals surface area contributed by atoms with Crippen molar-refractivity contribution in [1.82, 2.24) is 15.8 Å². The number of hydrogen-bond donors (Lipinski definition) is 2. The zero-order valence-electron chi connectivity index (χ0n) is 13.7. The molecule has 3 unspecified atom stereocenters. The van der Waals surface area contributed by atoms with Crippen LogP contribution in [-0.4, -0.2) is 23.3 Å². The Morgan fingerprint density at radius 1 is 1.17 bits per heavy atom. The predicted octanol–water partition coefficient (Wildman–Crippen LogP) is 2.88. The van der Waals surface area contributed by atoms with E-state index < -0.39 is 0 Å². The van der Waals surface area contributed by atoms with E-state index in [1.54, 1.807) is 0 Å². The van der Waals surface area contributed by atoms with Crippen LogP contribution in [0, 0.1) is 5.92 Å². The van der Waals surface area contributed by atoms with Gasteiger partial charge in [-0.25, -0.2) is 0 Å². The molecular weight excluding hydrogens is 302 g/mol. The molecule has 5 heteroatoms. The van der Waals surface area contributed by atoms with Crippen LogP contribution < -0.4 is 10.6 Å². The second kappa shape index (κ2) is 6.77. The van der Waals surface area contributed by atoms with Gasteiger partial charge in [-0.1, -0.05) is 48.3 Å². The zero-order chi connectivity index (χ0) is 16.4. The number of benzene rings is 1. The van der Waals surface area contributed by atoms with Crippen LogP contribution in [0.3, 0.4) is 0 Å². The Hall–Kier alpha value is -2.14. The van der Waals surface area contributed by atoms with E-state index in [9.17, 15) is 4.79 Å². The molecule has 2 heterocycles. The summed E-state index contributed by atoms with van der Waals surface area (Å²) in [5, 5.41) is 10.9. The summed E-state index contributed by atoms with van der Waals surface area (Å²) >= 11 is 0. The zero-order valence-corrected chi connectivity index (χ0v) is 13.7. The van der Waals surface area contributed by atoms with Crippen molar-refractivity contribution in [3.8, 4) is 11.3 Å². The van der Waals surface area contributed by atoms with Crippen molar-refractivity contribution >= 4 is 5.91 Å². The van der Waals surface area contributed by atoms with Crippen molar-refractivity contribution in [3.63, 3.8) is 0 Å². The molecule has 0 radical (unpaired) electrons. The molecular formula is C19H23N3O2. The van der Waals surface area contributed by atoms with Crippen LogP contribution in [0.2, 0.25) is 0 Å². The summed E-state index contributed by atoms with van der Waals surface area (Å²) in [6, 6.07) is 12.3. The van der Waals surface area contributed by atoms with Crippen LogP contribution in [-0.2, 0) is 11.2 Å². The number of aryl methyl sites for hydroxylation is 1. The average molecular weight is 325 g/mol. The minimum atomic E-state index is 0.0297. The first-order valence-corrected chi connectivity index (χ1v) is 8.87. The third-order valence-electron chi connectivity index (χ3n) is 5.14. The van der Waals surface area contributed by atoms with E-state index in [2.05, 4.69) is 15.8 Å². The fourth-order valence-electron chi connectivity index (χ4n) is 3.84. The van der Waals surface area contributed by atoms with E-state index in [0.717, 1.165) is 42.7 Å². The van der Waals surface area contributed by atoms with Crippen molar-refractivity contribution in [2.24, 2.45) is 5.92 Å². The summed E-state index contributed by atoms with van der Waals surface area (Å²) < 4.78 is 5.45. The molecule has 126 valence electrons. The largest absolute Gasteiger partial charge is 0.361 e. The summed E-state index contributed by atoms with van der Waals surface area (Å²) in [7, 11) is 0. The van der Waals surface area contributed by atoms with Gasteiger partial charge in [0.15, 0.2) is 0 Å². The molecule has 1 aliphatic carbocycles. The number of carbonyl (C=O) groups excluding carboxylic acids is 1. The molecule has 0 bridgehead atoms. The van der Waals surface area contributed by atoms with Gasteiger partial charge >= 0.3 is 0 Å². The third kappa shape index (κ3) is 3.22. The molecule has 1 saturated carbocycles. The highest BCUT2D eigenvalue weighted by Crippen LogP contribution is 2.28. The Balaban J connectivity index is 1.35. The molecule has 2 fully saturated rings. The van der Waals surface area contributed by atoms with Gasteiger partial charge in [-0.15, -0.1) is 0 Å². The predicted molar refractivity (Wildman–Crippen MR) is 91.1 cm³/mol. The summed E-state index contributed by atoms with van der Waals surface area (Å²) in [5.74, 6) is 1.23. The highest BCUT2D eigenvalue weighted by molar-refractivity contribution is 5.80. The number of nitrogens with one attached hydrogen (secondary N) is 2. The van der Waals surface area contributed by atoms with Crippen molar-refractivity contribution in [2.45, 2.75) is 50.7 Å². The number of rotatable bonds is 4. The van der Waals surface area contributed by atoms with Crippen molar-refractivity contribution in [3.05, 3.63) is 42.2 Å². The van der Waals surface area contributed by atoms with Crippen LogP contribution in [0.5, 0.6) is 0 Å².